The van der Waals surface area contributed by atoms with E-state index < -0.39 is 5.91 Å². The molecule has 0 aliphatic carbocycles. The number of nitrogens with zero attached hydrogens (tertiary/aromatic N) is 1. The Morgan fingerprint density at radius 3 is 2.46 bits per heavy atom. The van der Waals surface area contributed by atoms with Crippen LogP contribution in [0.2, 0.25) is 0 Å². The average molecular weight is 414 g/mol. The Bertz CT molecular complexity index is 808. The first kappa shape index (κ1) is 19.5. The van der Waals surface area contributed by atoms with E-state index in [1.165, 1.54) is 6.20 Å². The van der Waals surface area contributed by atoms with Gasteiger partial charge in [-0.2, -0.15) is 5.26 Å². The van der Waals surface area contributed by atoms with Crippen molar-refractivity contribution in [3.05, 3.63) is 75.9 Å². The Kier molecular flexibility index (Phi) is 7.24. The van der Waals surface area contributed by atoms with Crippen LogP contribution < -0.4 is 15.4 Å². The van der Waals surface area contributed by atoms with Crippen LogP contribution in [-0.4, -0.2) is 13.0 Å². The van der Waals surface area contributed by atoms with E-state index in [1.807, 2.05) is 61.5 Å². The molecule has 0 saturated carbocycles. The molecule has 0 aliphatic heterocycles. The van der Waals surface area contributed by atoms with Crippen molar-refractivity contribution in [1.29, 1.82) is 5.26 Å². The lowest BCUT2D eigenvalue weighted by molar-refractivity contribution is -0.117. The van der Waals surface area contributed by atoms with Crippen molar-refractivity contribution in [2.45, 2.75) is 19.5 Å². The zero-order valence-corrected chi connectivity index (χ0v) is 16.2. The van der Waals surface area contributed by atoms with Crippen LogP contribution in [0.5, 0.6) is 5.75 Å². The standard InChI is InChI=1S/C20H20BrN3O2/c1-14(16-5-9-19(26-2)10-6-16)24-20(25)17(11-22)13-23-12-15-3-7-18(21)8-4-15/h3-10,13-14,23H,12H2,1-2H3,(H,24,25)/b17-13-. The van der Waals surface area contributed by atoms with Crippen LogP contribution >= 0.6 is 15.9 Å². The first-order chi connectivity index (χ1) is 12.5. The Morgan fingerprint density at radius 1 is 1.23 bits per heavy atom. The molecule has 1 amide bonds. The highest BCUT2D eigenvalue weighted by atomic mass is 79.9. The summed E-state index contributed by atoms with van der Waals surface area (Å²) in [5.74, 6) is 0.334. The van der Waals surface area contributed by atoms with Crippen molar-refractivity contribution < 1.29 is 9.53 Å². The van der Waals surface area contributed by atoms with E-state index >= 15 is 0 Å². The third-order valence-corrected chi connectivity index (χ3v) is 4.32. The van der Waals surface area contributed by atoms with Gasteiger partial charge >= 0.3 is 0 Å². The second-order valence-corrected chi connectivity index (χ2v) is 6.56. The van der Waals surface area contributed by atoms with Gasteiger partial charge in [0, 0.05) is 17.2 Å². The van der Waals surface area contributed by atoms with Gasteiger partial charge in [-0.3, -0.25) is 4.79 Å². The molecule has 0 aliphatic rings. The summed E-state index contributed by atoms with van der Waals surface area (Å²) < 4.78 is 6.12. The summed E-state index contributed by atoms with van der Waals surface area (Å²) in [6.45, 7) is 2.39. The first-order valence-corrected chi connectivity index (χ1v) is 8.85. The van der Waals surface area contributed by atoms with Crippen LogP contribution in [0.15, 0.2) is 64.8 Å². The number of rotatable bonds is 7. The SMILES string of the molecule is COc1ccc(C(C)NC(=O)/C(C#N)=C\NCc2ccc(Br)cc2)cc1. The second-order valence-electron chi connectivity index (χ2n) is 5.65. The van der Waals surface area contributed by atoms with Crippen molar-refractivity contribution in [3.8, 4) is 11.8 Å². The molecule has 2 aromatic rings. The number of carbonyl (C=O) groups is 1. The van der Waals surface area contributed by atoms with E-state index in [-0.39, 0.29) is 11.6 Å². The molecular formula is C20H20BrN3O2. The third kappa shape index (κ3) is 5.64. The van der Waals surface area contributed by atoms with Gasteiger partial charge in [-0.1, -0.05) is 40.2 Å². The number of carbonyl (C=O) groups excluding carboxylic acids is 1. The van der Waals surface area contributed by atoms with Gasteiger partial charge in [-0.05, 0) is 42.3 Å². The van der Waals surface area contributed by atoms with Crippen molar-refractivity contribution in [2.75, 3.05) is 7.11 Å². The van der Waals surface area contributed by atoms with E-state index in [0.29, 0.717) is 6.54 Å². The highest BCUT2D eigenvalue weighted by molar-refractivity contribution is 9.10. The molecule has 2 N–H and O–H groups in total. The van der Waals surface area contributed by atoms with E-state index in [2.05, 4.69) is 26.6 Å². The summed E-state index contributed by atoms with van der Waals surface area (Å²) in [4.78, 5) is 12.3. The lowest BCUT2D eigenvalue weighted by Gasteiger charge is -2.14. The summed E-state index contributed by atoms with van der Waals surface area (Å²) in [6.07, 6.45) is 1.44. The number of hydrogen-bond donors (Lipinski definition) is 2. The minimum Gasteiger partial charge on any atom is -0.497 e. The highest BCUT2D eigenvalue weighted by Crippen LogP contribution is 2.17. The molecule has 2 aromatic carbocycles. The molecule has 1 unspecified atom stereocenters. The fraction of sp³-hybridized carbons (Fsp3) is 0.200. The highest BCUT2D eigenvalue weighted by Gasteiger charge is 2.13. The molecule has 5 nitrogen and oxygen atoms in total. The van der Waals surface area contributed by atoms with Crippen LogP contribution in [0.4, 0.5) is 0 Å². The number of amides is 1. The minimum atomic E-state index is -0.417. The van der Waals surface area contributed by atoms with Crippen molar-refractivity contribution in [1.82, 2.24) is 10.6 Å². The van der Waals surface area contributed by atoms with E-state index in [0.717, 1.165) is 21.3 Å². The lowest BCUT2D eigenvalue weighted by atomic mass is 10.1. The maximum absolute atomic E-state index is 12.3. The Hall–Kier alpha value is -2.78. The summed E-state index contributed by atoms with van der Waals surface area (Å²) in [6, 6.07) is 16.9. The van der Waals surface area contributed by atoms with Gasteiger partial charge in [0.05, 0.1) is 13.2 Å². The van der Waals surface area contributed by atoms with E-state index in [1.54, 1.807) is 7.11 Å². The second kappa shape index (κ2) is 9.64. The predicted octanol–water partition coefficient (Wildman–Crippen LogP) is 3.83. The Labute approximate surface area is 161 Å². The van der Waals surface area contributed by atoms with Crippen LogP contribution in [0.25, 0.3) is 0 Å². The number of benzene rings is 2. The molecule has 2 rings (SSSR count). The molecule has 1 atom stereocenters. The molecule has 0 fully saturated rings. The number of halogens is 1. The smallest absolute Gasteiger partial charge is 0.263 e. The van der Waals surface area contributed by atoms with Crippen LogP contribution in [0, 0.1) is 11.3 Å². The fourth-order valence-electron chi connectivity index (χ4n) is 2.27. The maximum atomic E-state index is 12.3. The van der Waals surface area contributed by atoms with Gasteiger partial charge in [0.25, 0.3) is 5.91 Å². The lowest BCUT2D eigenvalue weighted by Crippen LogP contribution is -2.28. The number of hydrogen-bond acceptors (Lipinski definition) is 4. The number of ether oxygens (including phenoxy) is 1. The fourth-order valence-corrected chi connectivity index (χ4v) is 2.54. The van der Waals surface area contributed by atoms with E-state index in [9.17, 15) is 10.1 Å². The maximum Gasteiger partial charge on any atom is 0.263 e. The molecule has 0 heterocycles. The van der Waals surface area contributed by atoms with Crippen molar-refractivity contribution in [2.24, 2.45) is 0 Å². The number of nitrogens with one attached hydrogen (secondary N) is 2. The molecule has 0 aromatic heterocycles. The van der Waals surface area contributed by atoms with Gasteiger partial charge in [0.15, 0.2) is 0 Å². The zero-order valence-electron chi connectivity index (χ0n) is 14.6. The Balaban J connectivity index is 1.94. The number of nitriles is 1. The minimum absolute atomic E-state index is 0.0301. The van der Waals surface area contributed by atoms with Gasteiger partial charge in [-0.15, -0.1) is 0 Å². The molecule has 6 heteroatoms. The van der Waals surface area contributed by atoms with Crippen molar-refractivity contribution in [3.63, 3.8) is 0 Å². The molecule has 0 bridgehead atoms. The van der Waals surface area contributed by atoms with Gasteiger partial charge in [-0.25, -0.2) is 0 Å². The summed E-state index contributed by atoms with van der Waals surface area (Å²) in [7, 11) is 1.60. The largest absolute Gasteiger partial charge is 0.497 e. The summed E-state index contributed by atoms with van der Waals surface area (Å²) >= 11 is 3.38. The predicted molar refractivity (Wildman–Crippen MR) is 104 cm³/mol. The quantitative estimate of drug-likeness (QED) is 0.534. The Morgan fingerprint density at radius 2 is 1.88 bits per heavy atom. The molecule has 26 heavy (non-hydrogen) atoms. The zero-order chi connectivity index (χ0) is 18.9. The van der Waals surface area contributed by atoms with Crippen LogP contribution in [-0.2, 0) is 11.3 Å². The van der Waals surface area contributed by atoms with Crippen molar-refractivity contribution >= 4 is 21.8 Å². The molecule has 0 radical (unpaired) electrons. The first-order valence-electron chi connectivity index (χ1n) is 8.06. The van der Waals surface area contributed by atoms with Crippen LogP contribution in [0.3, 0.4) is 0 Å². The summed E-state index contributed by atoms with van der Waals surface area (Å²) in [5, 5.41) is 15.1. The van der Waals surface area contributed by atoms with Crippen LogP contribution in [0.1, 0.15) is 24.1 Å². The molecule has 134 valence electrons. The topological polar surface area (TPSA) is 74.1 Å². The summed E-state index contributed by atoms with van der Waals surface area (Å²) in [5.41, 5.74) is 2.01. The van der Waals surface area contributed by atoms with Gasteiger partial charge in [0.2, 0.25) is 0 Å². The third-order valence-electron chi connectivity index (χ3n) is 3.79. The molecular weight excluding hydrogens is 394 g/mol. The monoisotopic (exact) mass is 413 g/mol. The molecule has 0 spiro atoms. The van der Waals surface area contributed by atoms with E-state index in [4.69, 9.17) is 4.74 Å². The molecule has 0 saturated heterocycles. The van der Waals surface area contributed by atoms with Gasteiger partial charge in [0.1, 0.15) is 17.4 Å². The van der Waals surface area contributed by atoms with Gasteiger partial charge < -0.3 is 15.4 Å². The normalized spacial score (nSPS) is 12.0. The number of methoxy groups -OCH3 is 1. The average Bonchev–Trinajstić information content (AvgIpc) is 2.66.